The van der Waals surface area contributed by atoms with Crippen molar-refractivity contribution in [2.24, 2.45) is 0 Å². The van der Waals surface area contributed by atoms with Crippen LogP contribution in [0.1, 0.15) is 43.7 Å². The number of piperidine rings is 1. The molecule has 0 amide bonds. The third kappa shape index (κ3) is 4.59. The predicted octanol–water partition coefficient (Wildman–Crippen LogP) is 2.23. The zero-order chi connectivity index (χ0) is 19.3. The van der Waals surface area contributed by atoms with E-state index in [1.807, 2.05) is 6.07 Å². The normalized spacial score (nSPS) is 23.5. The molecule has 2 N–H and O–H groups in total. The first-order valence-electron chi connectivity index (χ1n) is 9.78. The average Bonchev–Trinajstić information content (AvgIpc) is 3.34. The second-order valence-electron chi connectivity index (χ2n) is 7.56. The van der Waals surface area contributed by atoms with E-state index >= 15 is 0 Å². The van der Waals surface area contributed by atoms with E-state index in [0.29, 0.717) is 29.9 Å². The van der Waals surface area contributed by atoms with Crippen molar-refractivity contribution in [3.05, 3.63) is 24.2 Å². The molecule has 0 aromatic carbocycles. The molecule has 2 aromatic rings. The Kier molecular flexibility index (Phi) is 5.70. The lowest BCUT2D eigenvalue weighted by molar-refractivity contribution is -0.133. The Morgan fingerprint density at radius 3 is 2.86 bits per heavy atom. The molecule has 0 unspecified atom stereocenters. The molecule has 2 aromatic heterocycles. The Labute approximate surface area is 163 Å². The summed E-state index contributed by atoms with van der Waals surface area (Å²) < 4.78 is 11.1. The smallest absolute Gasteiger partial charge is 0.293 e. The summed E-state index contributed by atoms with van der Waals surface area (Å²) in [5, 5.41) is 10.6. The highest BCUT2D eigenvalue weighted by Gasteiger charge is 2.28. The molecule has 1 aliphatic carbocycles. The van der Waals surface area contributed by atoms with Crippen LogP contribution in [0.25, 0.3) is 0 Å². The molecule has 9 heteroatoms. The van der Waals surface area contributed by atoms with Crippen molar-refractivity contribution in [2.75, 3.05) is 25.5 Å². The number of carbonyl (C=O) groups excluding carboxylic acids is 1. The standard InChI is InChI=1S/C19H26N6O3/c1-25-6-4-14(5-7-25)28-19-11-20-10-18(22-19)21-17-9-16(23-24-17)13-2-3-15(8-13)27-12-26/h9-15H,2-8H2,1H3,(H2,21,22,23,24)/t13-,15+/m0/s1. The molecule has 1 saturated heterocycles. The highest BCUT2D eigenvalue weighted by atomic mass is 16.5. The number of rotatable bonds is 7. The summed E-state index contributed by atoms with van der Waals surface area (Å²) in [4.78, 5) is 21.5. The minimum Gasteiger partial charge on any atom is -0.473 e. The third-order valence-electron chi connectivity index (χ3n) is 5.49. The van der Waals surface area contributed by atoms with Gasteiger partial charge in [-0.25, -0.2) is 0 Å². The number of aromatic nitrogens is 4. The van der Waals surface area contributed by atoms with Crippen molar-refractivity contribution < 1.29 is 14.3 Å². The Balaban J connectivity index is 1.35. The van der Waals surface area contributed by atoms with Gasteiger partial charge in [-0.15, -0.1) is 0 Å². The van der Waals surface area contributed by atoms with Crippen molar-refractivity contribution in [1.82, 2.24) is 25.1 Å². The zero-order valence-corrected chi connectivity index (χ0v) is 16.0. The SMILES string of the molecule is CN1CCC(Oc2cncc(Nc3cc([C@H]4CC[C@@H](OC=O)C4)[nH]n3)n2)CC1. The number of H-pyrrole nitrogens is 1. The van der Waals surface area contributed by atoms with Crippen LogP contribution in [-0.4, -0.2) is 63.9 Å². The van der Waals surface area contributed by atoms with Crippen LogP contribution in [-0.2, 0) is 9.53 Å². The van der Waals surface area contributed by atoms with Gasteiger partial charge in [0.15, 0.2) is 11.6 Å². The molecule has 28 heavy (non-hydrogen) atoms. The molecule has 1 saturated carbocycles. The van der Waals surface area contributed by atoms with Crippen LogP contribution in [0.2, 0.25) is 0 Å². The monoisotopic (exact) mass is 386 g/mol. The Bertz CT molecular complexity index is 789. The quantitative estimate of drug-likeness (QED) is 0.698. The van der Waals surface area contributed by atoms with Crippen LogP contribution in [0, 0.1) is 0 Å². The Morgan fingerprint density at radius 2 is 2.04 bits per heavy atom. The molecular formula is C19H26N6O3. The maximum atomic E-state index is 10.5. The van der Waals surface area contributed by atoms with E-state index in [1.54, 1.807) is 12.4 Å². The van der Waals surface area contributed by atoms with Gasteiger partial charge in [-0.3, -0.25) is 14.9 Å². The molecule has 2 aliphatic rings. The molecular weight excluding hydrogens is 360 g/mol. The van der Waals surface area contributed by atoms with Gasteiger partial charge in [-0.2, -0.15) is 10.1 Å². The van der Waals surface area contributed by atoms with Crippen LogP contribution >= 0.6 is 0 Å². The largest absolute Gasteiger partial charge is 0.473 e. The molecule has 0 radical (unpaired) electrons. The van der Waals surface area contributed by atoms with Crippen LogP contribution in [0.3, 0.4) is 0 Å². The van der Waals surface area contributed by atoms with Crippen molar-refractivity contribution in [1.29, 1.82) is 0 Å². The fraction of sp³-hybridized carbons (Fsp3) is 0.579. The number of nitrogens with zero attached hydrogens (tertiary/aromatic N) is 4. The molecule has 2 fully saturated rings. The summed E-state index contributed by atoms with van der Waals surface area (Å²) in [6, 6.07) is 1.97. The number of carbonyl (C=O) groups is 1. The van der Waals surface area contributed by atoms with E-state index in [-0.39, 0.29) is 12.2 Å². The maximum Gasteiger partial charge on any atom is 0.293 e. The summed E-state index contributed by atoms with van der Waals surface area (Å²) in [7, 11) is 2.12. The van der Waals surface area contributed by atoms with E-state index in [2.05, 4.69) is 37.4 Å². The van der Waals surface area contributed by atoms with Crippen LogP contribution in [0.5, 0.6) is 5.88 Å². The first kappa shape index (κ1) is 18.7. The van der Waals surface area contributed by atoms with E-state index in [1.165, 1.54) is 0 Å². The first-order valence-corrected chi connectivity index (χ1v) is 9.78. The number of anilines is 2. The average molecular weight is 386 g/mol. The molecule has 0 bridgehead atoms. The maximum absolute atomic E-state index is 10.5. The molecule has 3 heterocycles. The molecule has 0 spiro atoms. The Morgan fingerprint density at radius 1 is 1.18 bits per heavy atom. The van der Waals surface area contributed by atoms with Gasteiger partial charge in [0.05, 0.1) is 12.4 Å². The van der Waals surface area contributed by atoms with Gasteiger partial charge in [-0.1, -0.05) is 0 Å². The van der Waals surface area contributed by atoms with E-state index in [4.69, 9.17) is 9.47 Å². The highest BCUT2D eigenvalue weighted by molar-refractivity contribution is 5.51. The van der Waals surface area contributed by atoms with Crippen molar-refractivity contribution in [2.45, 2.75) is 50.2 Å². The van der Waals surface area contributed by atoms with Crippen LogP contribution in [0.4, 0.5) is 11.6 Å². The van der Waals surface area contributed by atoms with E-state index in [0.717, 1.165) is 50.9 Å². The van der Waals surface area contributed by atoms with Crippen molar-refractivity contribution in [3.8, 4) is 5.88 Å². The van der Waals surface area contributed by atoms with Crippen molar-refractivity contribution >= 4 is 18.1 Å². The third-order valence-corrected chi connectivity index (χ3v) is 5.49. The molecule has 9 nitrogen and oxygen atoms in total. The summed E-state index contributed by atoms with van der Waals surface area (Å²) >= 11 is 0. The second kappa shape index (κ2) is 8.55. The predicted molar refractivity (Wildman–Crippen MR) is 103 cm³/mol. The summed E-state index contributed by atoms with van der Waals surface area (Å²) in [5.41, 5.74) is 1.03. The van der Waals surface area contributed by atoms with Crippen molar-refractivity contribution in [3.63, 3.8) is 0 Å². The number of aromatic amines is 1. The van der Waals surface area contributed by atoms with E-state index < -0.39 is 0 Å². The van der Waals surface area contributed by atoms with Gasteiger partial charge in [-0.05, 0) is 39.2 Å². The van der Waals surface area contributed by atoms with Gasteiger partial charge >= 0.3 is 0 Å². The van der Waals surface area contributed by atoms with Crippen LogP contribution in [0.15, 0.2) is 18.5 Å². The molecule has 4 rings (SSSR count). The second-order valence-corrected chi connectivity index (χ2v) is 7.56. The van der Waals surface area contributed by atoms with E-state index in [9.17, 15) is 4.79 Å². The minimum absolute atomic E-state index is 0.00137. The first-order chi connectivity index (χ1) is 13.7. The number of ether oxygens (including phenoxy) is 2. The number of hydrogen-bond donors (Lipinski definition) is 2. The topological polar surface area (TPSA) is 105 Å². The lowest BCUT2D eigenvalue weighted by Gasteiger charge is -2.28. The zero-order valence-electron chi connectivity index (χ0n) is 16.0. The number of hydrogen-bond acceptors (Lipinski definition) is 8. The fourth-order valence-corrected chi connectivity index (χ4v) is 3.90. The van der Waals surface area contributed by atoms with Gasteiger partial charge < -0.3 is 19.7 Å². The Hall–Kier alpha value is -2.68. The molecule has 1 aliphatic heterocycles. The molecule has 2 atom stereocenters. The number of likely N-dealkylation sites (tertiary alicyclic amines) is 1. The molecule has 150 valence electrons. The lowest BCUT2D eigenvalue weighted by atomic mass is 10.0. The lowest BCUT2D eigenvalue weighted by Crippen LogP contribution is -2.35. The fourth-order valence-electron chi connectivity index (χ4n) is 3.90. The summed E-state index contributed by atoms with van der Waals surface area (Å²) in [5.74, 6) is 2.12. The van der Waals surface area contributed by atoms with Crippen LogP contribution < -0.4 is 10.1 Å². The summed E-state index contributed by atoms with van der Waals surface area (Å²) in [6.45, 7) is 2.60. The number of nitrogens with one attached hydrogen (secondary N) is 2. The summed E-state index contributed by atoms with van der Waals surface area (Å²) in [6.07, 6.45) is 8.14. The van der Waals surface area contributed by atoms with Gasteiger partial charge in [0.1, 0.15) is 12.2 Å². The van der Waals surface area contributed by atoms with Gasteiger partial charge in [0.25, 0.3) is 6.47 Å². The highest BCUT2D eigenvalue weighted by Crippen LogP contribution is 2.35. The minimum atomic E-state index is 0.00137. The van der Waals surface area contributed by atoms with Gasteiger partial charge in [0, 0.05) is 30.8 Å². The van der Waals surface area contributed by atoms with Gasteiger partial charge in [0.2, 0.25) is 5.88 Å².